The van der Waals surface area contributed by atoms with E-state index in [-0.39, 0.29) is 5.56 Å². The number of hydrogen-bond acceptors (Lipinski definition) is 4. The lowest BCUT2D eigenvalue weighted by atomic mass is 10.2. The fraction of sp³-hybridized carbons (Fsp3) is 0.182. The van der Waals surface area contributed by atoms with Crippen molar-refractivity contribution in [3.05, 3.63) is 86.0 Å². The van der Waals surface area contributed by atoms with Crippen molar-refractivity contribution in [1.82, 2.24) is 9.55 Å². The monoisotopic (exact) mass is 424 g/mol. The number of aryl methyl sites for hydroxylation is 2. The molecule has 0 aliphatic heterocycles. The number of nitrogens with zero attached hydrogens (tertiary/aromatic N) is 2. The van der Waals surface area contributed by atoms with E-state index in [1.807, 2.05) is 54.6 Å². The number of rotatable bonds is 4. The molecular formula is C22H17ClN2OS2. The second-order valence-corrected chi connectivity index (χ2v) is 9.22. The summed E-state index contributed by atoms with van der Waals surface area (Å²) in [6.07, 6.45) is 3.17. The Morgan fingerprint density at radius 3 is 2.68 bits per heavy atom. The summed E-state index contributed by atoms with van der Waals surface area (Å²) in [6, 6.07) is 17.6. The number of hydrogen-bond donors (Lipinski definition) is 0. The Morgan fingerprint density at radius 1 is 1.07 bits per heavy atom. The van der Waals surface area contributed by atoms with Crippen LogP contribution in [0.25, 0.3) is 15.9 Å². The van der Waals surface area contributed by atoms with Crippen LogP contribution in [0.5, 0.6) is 0 Å². The highest BCUT2D eigenvalue weighted by Crippen LogP contribution is 2.36. The molecule has 0 spiro atoms. The SMILES string of the molecule is O=c1c2c3c(sc2nc(SCc2ccccc2Cl)n1-c1ccccc1)CCC3. The number of benzene rings is 2. The van der Waals surface area contributed by atoms with Crippen molar-refractivity contribution < 1.29 is 0 Å². The molecular weight excluding hydrogens is 408 g/mol. The van der Waals surface area contributed by atoms with Crippen LogP contribution in [0, 0.1) is 0 Å². The minimum absolute atomic E-state index is 0.0391. The molecule has 6 heteroatoms. The normalized spacial score (nSPS) is 13.2. The first-order chi connectivity index (χ1) is 13.7. The van der Waals surface area contributed by atoms with E-state index in [1.165, 1.54) is 10.4 Å². The fourth-order valence-corrected chi connectivity index (χ4v) is 6.28. The molecule has 0 atom stereocenters. The van der Waals surface area contributed by atoms with Gasteiger partial charge in [0.1, 0.15) is 4.83 Å². The summed E-state index contributed by atoms with van der Waals surface area (Å²) in [7, 11) is 0. The van der Waals surface area contributed by atoms with Gasteiger partial charge in [0.15, 0.2) is 5.16 Å². The number of thiophene rings is 1. The molecule has 0 fully saturated rings. The highest BCUT2D eigenvalue weighted by molar-refractivity contribution is 7.98. The van der Waals surface area contributed by atoms with E-state index in [4.69, 9.17) is 16.6 Å². The first kappa shape index (κ1) is 18.0. The molecule has 2 aromatic heterocycles. The summed E-state index contributed by atoms with van der Waals surface area (Å²) in [5.41, 5.74) is 3.14. The summed E-state index contributed by atoms with van der Waals surface area (Å²) in [5, 5.41) is 2.26. The van der Waals surface area contributed by atoms with Crippen molar-refractivity contribution in [2.45, 2.75) is 30.2 Å². The predicted octanol–water partition coefficient (Wildman–Crippen LogP) is 5.88. The van der Waals surface area contributed by atoms with Gasteiger partial charge in [-0.05, 0) is 48.6 Å². The zero-order valence-corrected chi connectivity index (χ0v) is 17.4. The Morgan fingerprint density at radius 2 is 1.86 bits per heavy atom. The van der Waals surface area contributed by atoms with Crippen LogP contribution >= 0.6 is 34.7 Å². The van der Waals surface area contributed by atoms with Gasteiger partial charge in [0.2, 0.25) is 0 Å². The van der Waals surface area contributed by atoms with E-state index in [9.17, 15) is 4.79 Å². The van der Waals surface area contributed by atoms with Crippen LogP contribution in [-0.2, 0) is 18.6 Å². The zero-order chi connectivity index (χ0) is 19.1. The lowest BCUT2D eigenvalue weighted by Crippen LogP contribution is -2.21. The number of para-hydroxylation sites is 1. The van der Waals surface area contributed by atoms with E-state index < -0.39 is 0 Å². The summed E-state index contributed by atoms with van der Waals surface area (Å²) in [4.78, 5) is 20.7. The molecule has 0 saturated carbocycles. The first-order valence-electron chi connectivity index (χ1n) is 9.21. The standard InChI is InChI=1S/C22H17ClN2OS2/c23-17-11-5-4-7-14(17)13-27-22-24-20-19(16-10-6-12-18(16)28-20)21(26)25(22)15-8-2-1-3-9-15/h1-5,7-9,11H,6,10,12-13H2. The number of thioether (sulfide) groups is 1. The van der Waals surface area contributed by atoms with Crippen LogP contribution in [0.15, 0.2) is 64.5 Å². The molecule has 0 N–H and O–H groups in total. The van der Waals surface area contributed by atoms with E-state index in [2.05, 4.69) is 0 Å². The molecule has 0 saturated heterocycles. The van der Waals surface area contributed by atoms with Gasteiger partial charge in [0.25, 0.3) is 5.56 Å². The van der Waals surface area contributed by atoms with Crippen molar-refractivity contribution in [2.24, 2.45) is 0 Å². The van der Waals surface area contributed by atoms with E-state index in [0.717, 1.165) is 45.8 Å². The fourth-order valence-electron chi connectivity index (χ4n) is 3.68. The molecule has 0 amide bonds. The minimum atomic E-state index is 0.0391. The number of halogens is 1. The van der Waals surface area contributed by atoms with Crippen LogP contribution in [0.1, 0.15) is 22.4 Å². The average Bonchev–Trinajstić information content (AvgIpc) is 3.29. The average molecular weight is 425 g/mol. The molecule has 1 aliphatic rings. The lowest BCUT2D eigenvalue weighted by molar-refractivity contribution is 0.820. The van der Waals surface area contributed by atoms with E-state index >= 15 is 0 Å². The maximum absolute atomic E-state index is 13.5. The van der Waals surface area contributed by atoms with Gasteiger partial charge >= 0.3 is 0 Å². The summed E-state index contributed by atoms with van der Waals surface area (Å²) >= 11 is 9.56. The van der Waals surface area contributed by atoms with Gasteiger partial charge in [-0.1, -0.05) is 59.8 Å². The van der Waals surface area contributed by atoms with Crippen LogP contribution < -0.4 is 5.56 Å². The Balaban J connectivity index is 1.67. The largest absolute Gasteiger partial charge is 0.268 e. The molecule has 3 nitrogen and oxygen atoms in total. The minimum Gasteiger partial charge on any atom is -0.268 e. The highest BCUT2D eigenvalue weighted by atomic mass is 35.5. The van der Waals surface area contributed by atoms with Gasteiger partial charge in [-0.25, -0.2) is 4.98 Å². The van der Waals surface area contributed by atoms with Crippen molar-refractivity contribution in [3.63, 3.8) is 0 Å². The Kier molecular flexibility index (Phi) is 4.75. The highest BCUT2D eigenvalue weighted by Gasteiger charge is 2.23. The van der Waals surface area contributed by atoms with Gasteiger partial charge in [-0.15, -0.1) is 11.3 Å². The number of aromatic nitrogens is 2. The van der Waals surface area contributed by atoms with Gasteiger partial charge in [0, 0.05) is 15.7 Å². The van der Waals surface area contributed by atoms with Crippen molar-refractivity contribution in [3.8, 4) is 5.69 Å². The van der Waals surface area contributed by atoms with E-state index in [0.29, 0.717) is 10.9 Å². The first-order valence-corrected chi connectivity index (χ1v) is 11.4. The third kappa shape index (κ3) is 3.08. The maximum atomic E-state index is 13.5. The lowest BCUT2D eigenvalue weighted by Gasteiger charge is -2.13. The van der Waals surface area contributed by atoms with Crippen molar-refractivity contribution in [1.29, 1.82) is 0 Å². The maximum Gasteiger partial charge on any atom is 0.267 e. The molecule has 140 valence electrons. The zero-order valence-electron chi connectivity index (χ0n) is 15.0. The Labute approximate surface area is 176 Å². The third-order valence-corrected chi connectivity index (χ3v) is 7.58. The second kappa shape index (κ2) is 7.39. The van der Waals surface area contributed by atoms with Gasteiger partial charge < -0.3 is 0 Å². The van der Waals surface area contributed by atoms with Crippen molar-refractivity contribution >= 4 is 44.9 Å². The molecule has 2 aromatic carbocycles. The summed E-state index contributed by atoms with van der Waals surface area (Å²) in [5.74, 6) is 0.662. The quantitative estimate of drug-likeness (QED) is 0.303. The molecule has 4 aromatic rings. The molecule has 1 aliphatic carbocycles. The van der Waals surface area contributed by atoms with Crippen LogP contribution in [0.3, 0.4) is 0 Å². The predicted molar refractivity (Wildman–Crippen MR) is 118 cm³/mol. The topological polar surface area (TPSA) is 34.9 Å². The van der Waals surface area contributed by atoms with E-state index in [1.54, 1.807) is 27.7 Å². The third-order valence-electron chi connectivity index (χ3n) is 5.04. The molecule has 28 heavy (non-hydrogen) atoms. The van der Waals surface area contributed by atoms with Gasteiger partial charge in [-0.3, -0.25) is 9.36 Å². The van der Waals surface area contributed by atoms with Gasteiger partial charge in [-0.2, -0.15) is 0 Å². The Bertz CT molecular complexity index is 1230. The van der Waals surface area contributed by atoms with Crippen LogP contribution in [0.2, 0.25) is 5.02 Å². The van der Waals surface area contributed by atoms with Gasteiger partial charge in [0.05, 0.1) is 11.1 Å². The number of fused-ring (bicyclic) bond motifs is 3. The smallest absolute Gasteiger partial charge is 0.267 e. The molecule has 0 radical (unpaired) electrons. The molecule has 5 rings (SSSR count). The summed E-state index contributed by atoms with van der Waals surface area (Å²) in [6.45, 7) is 0. The molecule has 0 unspecified atom stereocenters. The Hall–Kier alpha value is -2.08. The van der Waals surface area contributed by atoms with Crippen LogP contribution in [0.4, 0.5) is 0 Å². The van der Waals surface area contributed by atoms with Crippen molar-refractivity contribution in [2.75, 3.05) is 0 Å². The summed E-state index contributed by atoms with van der Waals surface area (Å²) < 4.78 is 1.76. The molecule has 0 bridgehead atoms. The molecule has 2 heterocycles. The second-order valence-electron chi connectivity index (χ2n) is 6.79. The van der Waals surface area contributed by atoms with Crippen LogP contribution in [-0.4, -0.2) is 9.55 Å².